The summed E-state index contributed by atoms with van der Waals surface area (Å²) in [7, 11) is 0. The van der Waals surface area contributed by atoms with Crippen molar-refractivity contribution >= 4 is 5.91 Å². The lowest BCUT2D eigenvalue weighted by Gasteiger charge is -2.14. The molecule has 1 aromatic carbocycles. The van der Waals surface area contributed by atoms with Gasteiger partial charge in [-0.3, -0.25) is 4.79 Å². The molecule has 1 fully saturated rings. The molecule has 1 atom stereocenters. The molecule has 0 saturated heterocycles. The Balaban J connectivity index is 1.88. The van der Waals surface area contributed by atoms with E-state index < -0.39 is 0 Å². The van der Waals surface area contributed by atoms with E-state index in [2.05, 4.69) is 5.32 Å². The van der Waals surface area contributed by atoms with Gasteiger partial charge in [0.25, 0.3) is 5.91 Å². The first-order valence-electron chi connectivity index (χ1n) is 6.51. The first-order valence-corrected chi connectivity index (χ1v) is 6.51. The number of carbonyl (C=O) groups excluding carboxylic acids is 1. The van der Waals surface area contributed by atoms with E-state index in [1.807, 2.05) is 0 Å². The van der Waals surface area contributed by atoms with Gasteiger partial charge in [-0.05, 0) is 43.9 Å². The maximum absolute atomic E-state index is 13.1. The van der Waals surface area contributed by atoms with Crippen LogP contribution >= 0.6 is 0 Å². The number of benzene rings is 1. The normalized spacial score (nSPS) is 15.9. The average molecular weight is 266 g/mol. The van der Waals surface area contributed by atoms with Crippen LogP contribution in [0.3, 0.4) is 0 Å². The highest BCUT2D eigenvalue weighted by Gasteiger charge is 2.21. The van der Waals surface area contributed by atoms with E-state index in [4.69, 9.17) is 10.5 Å². The first kappa shape index (κ1) is 13.8. The SMILES string of the molecule is CC(N)c1cc(F)ccc1OCC(=O)NCC1CC1. The van der Waals surface area contributed by atoms with Crippen LogP contribution < -0.4 is 15.8 Å². The van der Waals surface area contributed by atoms with Crippen LogP contribution in [0.2, 0.25) is 0 Å². The van der Waals surface area contributed by atoms with Crippen LogP contribution in [0.4, 0.5) is 4.39 Å². The van der Waals surface area contributed by atoms with Gasteiger partial charge in [-0.2, -0.15) is 0 Å². The molecule has 3 N–H and O–H groups in total. The average Bonchev–Trinajstić information content (AvgIpc) is 3.18. The Hall–Kier alpha value is -1.62. The van der Waals surface area contributed by atoms with Gasteiger partial charge in [0, 0.05) is 18.2 Å². The van der Waals surface area contributed by atoms with Crippen molar-refractivity contribution in [3.8, 4) is 5.75 Å². The van der Waals surface area contributed by atoms with Crippen molar-refractivity contribution < 1.29 is 13.9 Å². The zero-order chi connectivity index (χ0) is 13.8. The Kier molecular flexibility index (Phi) is 4.37. The monoisotopic (exact) mass is 266 g/mol. The van der Waals surface area contributed by atoms with Gasteiger partial charge in [0.2, 0.25) is 0 Å². The van der Waals surface area contributed by atoms with Crippen LogP contribution in [-0.4, -0.2) is 19.1 Å². The van der Waals surface area contributed by atoms with Crippen LogP contribution in [0, 0.1) is 11.7 Å². The fraction of sp³-hybridized carbons (Fsp3) is 0.500. The highest BCUT2D eigenvalue weighted by atomic mass is 19.1. The second-order valence-electron chi connectivity index (χ2n) is 5.01. The molecule has 0 spiro atoms. The lowest BCUT2D eigenvalue weighted by molar-refractivity contribution is -0.123. The maximum Gasteiger partial charge on any atom is 0.257 e. The largest absolute Gasteiger partial charge is 0.483 e. The van der Waals surface area contributed by atoms with E-state index in [-0.39, 0.29) is 24.4 Å². The highest BCUT2D eigenvalue weighted by molar-refractivity contribution is 5.77. The fourth-order valence-corrected chi connectivity index (χ4v) is 1.78. The maximum atomic E-state index is 13.1. The number of nitrogens with two attached hydrogens (primary N) is 1. The molecular weight excluding hydrogens is 247 g/mol. The van der Waals surface area contributed by atoms with Gasteiger partial charge in [0.15, 0.2) is 6.61 Å². The molecule has 19 heavy (non-hydrogen) atoms. The van der Waals surface area contributed by atoms with Crippen molar-refractivity contribution in [1.82, 2.24) is 5.32 Å². The van der Waals surface area contributed by atoms with Gasteiger partial charge < -0.3 is 15.8 Å². The molecule has 5 heteroatoms. The van der Waals surface area contributed by atoms with Crippen molar-refractivity contribution in [2.45, 2.75) is 25.8 Å². The molecule has 0 aromatic heterocycles. The molecule has 0 radical (unpaired) electrons. The van der Waals surface area contributed by atoms with Crippen molar-refractivity contribution in [1.29, 1.82) is 0 Å². The second-order valence-corrected chi connectivity index (χ2v) is 5.01. The molecule has 1 amide bonds. The summed E-state index contributed by atoms with van der Waals surface area (Å²) in [5, 5.41) is 2.81. The lowest BCUT2D eigenvalue weighted by atomic mass is 10.1. The van der Waals surface area contributed by atoms with Gasteiger partial charge in [-0.15, -0.1) is 0 Å². The molecule has 0 heterocycles. The molecule has 2 rings (SSSR count). The predicted octanol–water partition coefficient (Wildman–Crippen LogP) is 1.75. The minimum Gasteiger partial charge on any atom is -0.483 e. The standard InChI is InChI=1S/C14H19FN2O2/c1-9(16)12-6-11(15)4-5-13(12)19-8-14(18)17-7-10-2-3-10/h4-6,9-10H,2-3,7-8,16H2,1H3,(H,17,18). The van der Waals surface area contributed by atoms with Crippen LogP contribution in [0.15, 0.2) is 18.2 Å². The first-order chi connectivity index (χ1) is 9.06. The van der Waals surface area contributed by atoms with Crippen molar-refractivity contribution in [2.24, 2.45) is 11.7 Å². The molecule has 1 aliphatic rings. The predicted molar refractivity (Wildman–Crippen MR) is 70.2 cm³/mol. The van der Waals surface area contributed by atoms with Crippen molar-refractivity contribution in [2.75, 3.05) is 13.2 Å². The van der Waals surface area contributed by atoms with E-state index in [1.165, 1.54) is 31.0 Å². The quantitative estimate of drug-likeness (QED) is 0.824. The summed E-state index contributed by atoms with van der Waals surface area (Å²) in [6.07, 6.45) is 2.38. The highest BCUT2D eigenvalue weighted by Crippen LogP contribution is 2.27. The molecule has 1 unspecified atom stereocenters. The number of ether oxygens (including phenoxy) is 1. The number of halogens is 1. The Morgan fingerprint density at radius 1 is 1.58 bits per heavy atom. The van der Waals surface area contributed by atoms with E-state index in [9.17, 15) is 9.18 Å². The molecule has 1 saturated carbocycles. The summed E-state index contributed by atoms with van der Waals surface area (Å²) in [6, 6.07) is 3.79. The van der Waals surface area contributed by atoms with E-state index >= 15 is 0 Å². The fourth-order valence-electron chi connectivity index (χ4n) is 1.78. The number of carbonyl (C=O) groups is 1. The smallest absolute Gasteiger partial charge is 0.257 e. The Bertz CT molecular complexity index is 459. The third kappa shape index (κ3) is 4.21. The van der Waals surface area contributed by atoms with E-state index in [1.54, 1.807) is 6.92 Å². The molecule has 4 nitrogen and oxygen atoms in total. The number of rotatable bonds is 6. The molecule has 1 aromatic rings. The number of hydrogen-bond acceptors (Lipinski definition) is 3. The van der Waals surface area contributed by atoms with Crippen LogP contribution in [0.25, 0.3) is 0 Å². The summed E-state index contributed by atoms with van der Waals surface area (Å²) in [5.41, 5.74) is 6.31. The van der Waals surface area contributed by atoms with Crippen LogP contribution in [0.5, 0.6) is 5.75 Å². The van der Waals surface area contributed by atoms with Gasteiger partial charge in [0.05, 0.1) is 0 Å². The van der Waals surface area contributed by atoms with Crippen molar-refractivity contribution in [3.05, 3.63) is 29.6 Å². The molecule has 104 valence electrons. The zero-order valence-electron chi connectivity index (χ0n) is 11.0. The number of hydrogen-bond donors (Lipinski definition) is 2. The topological polar surface area (TPSA) is 64.3 Å². The Labute approximate surface area is 112 Å². The number of nitrogens with one attached hydrogen (secondary N) is 1. The third-order valence-electron chi connectivity index (χ3n) is 3.11. The summed E-state index contributed by atoms with van der Waals surface area (Å²) in [6.45, 7) is 2.39. The lowest BCUT2D eigenvalue weighted by Crippen LogP contribution is -2.30. The molecular formula is C14H19FN2O2. The zero-order valence-corrected chi connectivity index (χ0v) is 11.0. The molecule has 0 bridgehead atoms. The van der Waals surface area contributed by atoms with Crippen LogP contribution in [0.1, 0.15) is 31.4 Å². The summed E-state index contributed by atoms with van der Waals surface area (Å²) in [4.78, 5) is 11.6. The van der Waals surface area contributed by atoms with E-state index in [0.717, 1.165) is 0 Å². The third-order valence-corrected chi connectivity index (χ3v) is 3.11. The number of amides is 1. The Morgan fingerprint density at radius 2 is 2.32 bits per heavy atom. The minimum absolute atomic E-state index is 0.0714. The Morgan fingerprint density at radius 3 is 2.95 bits per heavy atom. The molecule has 0 aliphatic heterocycles. The summed E-state index contributed by atoms with van der Waals surface area (Å²) < 4.78 is 18.5. The van der Waals surface area contributed by atoms with Gasteiger partial charge in [-0.25, -0.2) is 4.39 Å². The second kappa shape index (κ2) is 6.02. The minimum atomic E-state index is -0.363. The summed E-state index contributed by atoms with van der Waals surface area (Å²) in [5.74, 6) is 0.567. The van der Waals surface area contributed by atoms with Gasteiger partial charge >= 0.3 is 0 Å². The van der Waals surface area contributed by atoms with Gasteiger partial charge in [0.1, 0.15) is 11.6 Å². The summed E-state index contributed by atoms with van der Waals surface area (Å²) >= 11 is 0. The molecule has 1 aliphatic carbocycles. The van der Waals surface area contributed by atoms with Crippen molar-refractivity contribution in [3.63, 3.8) is 0 Å². The van der Waals surface area contributed by atoms with Gasteiger partial charge in [-0.1, -0.05) is 0 Å². The van der Waals surface area contributed by atoms with Crippen LogP contribution in [-0.2, 0) is 4.79 Å². The van der Waals surface area contributed by atoms with E-state index in [0.29, 0.717) is 23.8 Å².